The summed E-state index contributed by atoms with van der Waals surface area (Å²) in [5, 5.41) is 14.8. The van der Waals surface area contributed by atoms with E-state index in [-0.39, 0.29) is 21.5 Å². The molecule has 0 unspecified atom stereocenters. The zero-order valence-electron chi connectivity index (χ0n) is 18.0. The van der Waals surface area contributed by atoms with Crippen molar-refractivity contribution in [3.05, 3.63) is 62.5 Å². The first-order valence-electron chi connectivity index (χ1n) is 10.7. The minimum absolute atomic E-state index is 0.0701. The molecule has 1 saturated heterocycles. The van der Waals surface area contributed by atoms with E-state index in [4.69, 9.17) is 11.6 Å². The highest BCUT2D eigenvalue weighted by molar-refractivity contribution is 7.22. The van der Waals surface area contributed by atoms with Gasteiger partial charge in [-0.3, -0.25) is 19.7 Å². The Morgan fingerprint density at radius 3 is 2.45 bits per heavy atom. The van der Waals surface area contributed by atoms with E-state index in [1.807, 2.05) is 36.1 Å². The SMILES string of the molecule is CCCC(=O)N1CCN(c2ccc(NC(=O)c3sc4c([N+](=O)[O-])cccc4c3Cl)cc2)CC1. The molecule has 0 radical (unpaired) electrons. The van der Waals surface area contributed by atoms with Crippen molar-refractivity contribution in [2.24, 2.45) is 0 Å². The number of non-ortho nitro benzene ring substituents is 1. The van der Waals surface area contributed by atoms with E-state index in [1.54, 1.807) is 12.1 Å². The highest BCUT2D eigenvalue weighted by Crippen LogP contribution is 2.40. The number of carbonyl (C=O) groups excluding carboxylic acids is 2. The molecule has 0 saturated carbocycles. The molecule has 8 nitrogen and oxygen atoms in total. The van der Waals surface area contributed by atoms with Gasteiger partial charge in [0.2, 0.25) is 5.91 Å². The van der Waals surface area contributed by atoms with Crippen LogP contribution in [0.5, 0.6) is 0 Å². The standard InChI is InChI=1S/C23H23ClN4O4S/c1-2-4-19(29)27-13-11-26(12-14-27)16-9-7-15(8-10-16)25-23(30)22-20(24)17-5-3-6-18(28(31)32)21(17)33-22/h3,5-10H,2,4,11-14H2,1H3,(H,25,30). The Morgan fingerprint density at radius 2 is 1.82 bits per heavy atom. The first kappa shape index (κ1) is 23.0. The number of fused-ring (bicyclic) bond motifs is 1. The number of nitro groups is 1. The van der Waals surface area contributed by atoms with Crippen molar-refractivity contribution in [2.75, 3.05) is 36.4 Å². The third kappa shape index (κ3) is 4.79. The van der Waals surface area contributed by atoms with Crippen LogP contribution < -0.4 is 10.2 Å². The molecule has 2 aromatic carbocycles. The van der Waals surface area contributed by atoms with E-state index in [0.29, 0.717) is 35.3 Å². The van der Waals surface area contributed by atoms with Crippen LogP contribution in [-0.2, 0) is 4.79 Å². The Hall–Kier alpha value is -3.17. The van der Waals surface area contributed by atoms with Gasteiger partial charge in [0, 0.05) is 55.4 Å². The number of amides is 2. The summed E-state index contributed by atoms with van der Waals surface area (Å²) in [4.78, 5) is 40.1. The van der Waals surface area contributed by atoms with E-state index in [1.165, 1.54) is 6.07 Å². The zero-order chi connectivity index (χ0) is 23.5. The van der Waals surface area contributed by atoms with Gasteiger partial charge in [-0.1, -0.05) is 30.7 Å². The van der Waals surface area contributed by atoms with E-state index in [0.717, 1.165) is 36.5 Å². The Bertz CT molecular complexity index is 1200. The van der Waals surface area contributed by atoms with Crippen molar-refractivity contribution < 1.29 is 14.5 Å². The number of halogens is 1. The number of nitrogens with one attached hydrogen (secondary N) is 1. The Kier molecular flexibility index (Phi) is 6.80. The maximum atomic E-state index is 12.8. The summed E-state index contributed by atoms with van der Waals surface area (Å²) in [5.74, 6) is -0.202. The molecule has 0 aliphatic carbocycles. The van der Waals surface area contributed by atoms with Crippen molar-refractivity contribution >= 4 is 61.9 Å². The van der Waals surface area contributed by atoms with E-state index in [2.05, 4.69) is 10.2 Å². The quantitative estimate of drug-likeness (QED) is 0.383. The topological polar surface area (TPSA) is 95.8 Å². The number of benzene rings is 2. The Balaban J connectivity index is 1.43. The van der Waals surface area contributed by atoms with Crippen molar-refractivity contribution in [1.29, 1.82) is 0 Å². The van der Waals surface area contributed by atoms with Gasteiger partial charge >= 0.3 is 0 Å². The number of rotatable bonds is 6. The summed E-state index contributed by atoms with van der Waals surface area (Å²) >= 11 is 7.38. The fraction of sp³-hybridized carbons (Fsp3) is 0.304. The lowest BCUT2D eigenvalue weighted by Gasteiger charge is -2.36. The van der Waals surface area contributed by atoms with Gasteiger partial charge in [0.05, 0.1) is 9.95 Å². The number of piperazine rings is 1. The van der Waals surface area contributed by atoms with Gasteiger partial charge in [0.15, 0.2) is 0 Å². The molecule has 2 amide bonds. The molecule has 3 aromatic rings. The number of anilines is 2. The van der Waals surface area contributed by atoms with Crippen LogP contribution in [0.4, 0.5) is 17.1 Å². The van der Waals surface area contributed by atoms with Gasteiger partial charge in [0.25, 0.3) is 11.6 Å². The second-order valence-electron chi connectivity index (χ2n) is 7.77. The maximum absolute atomic E-state index is 12.8. The van der Waals surface area contributed by atoms with Gasteiger partial charge in [-0.2, -0.15) is 0 Å². The van der Waals surface area contributed by atoms with Crippen LogP contribution in [0, 0.1) is 10.1 Å². The third-order valence-corrected chi connectivity index (χ3v) is 7.36. The summed E-state index contributed by atoms with van der Waals surface area (Å²) in [7, 11) is 0. The first-order chi connectivity index (χ1) is 15.9. The smallest absolute Gasteiger partial charge is 0.287 e. The maximum Gasteiger partial charge on any atom is 0.287 e. The second-order valence-corrected chi connectivity index (χ2v) is 9.17. The molecule has 33 heavy (non-hydrogen) atoms. The molecule has 1 aromatic heterocycles. The van der Waals surface area contributed by atoms with Gasteiger partial charge < -0.3 is 15.1 Å². The summed E-state index contributed by atoms with van der Waals surface area (Å²) in [5.41, 5.74) is 1.55. The molecule has 172 valence electrons. The summed E-state index contributed by atoms with van der Waals surface area (Å²) in [6.45, 7) is 4.93. The molecule has 1 aliphatic heterocycles. The number of thiophene rings is 1. The van der Waals surface area contributed by atoms with Gasteiger partial charge in [0.1, 0.15) is 9.58 Å². The lowest BCUT2D eigenvalue weighted by Crippen LogP contribution is -2.48. The highest BCUT2D eigenvalue weighted by atomic mass is 35.5. The zero-order valence-corrected chi connectivity index (χ0v) is 19.6. The minimum Gasteiger partial charge on any atom is -0.368 e. The number of hydrogen-bond acceptors (Lipinski definition) is 6. The molecule has 1 aliphatic rings. The van der Waals surface area contributed by atoms with Gasteiger partial charge in [-0.15, -0.1) is 11.3 Å². The normalized spacial score (nSPS) is 13.9. The van der Waals surface area contributed by atoms with Gasteiger partial charge in [-0.05, 0) is 30.7 Å². The van der Waals surface area contributed by atoms with Crippen LogP contribution in [-0.4, -0.2) is 47.8 Å². The number of hydrogen-bond donors (Lipinski definition) is 1. The van der Waals surface area contributed by atoms with Crippen molar-refractivity contribution in [3.8, 4) is 0 Å². The molecular formula is C23H23ClN4O4S. The predicted octanol–water partition coefficient (Wildman–Crippen LogP) is 5.16. The average Bonchev–Trinajstić information content (AvgIpc) is 3.16. The van der Waals surface area contributed by atoms with E-state index in [9.17, 15) is 19.7 Å². The van der Waals surface area contributed by atoms with E-state index >= 15 is 0 Å². The fourth-order valence-corrected chi connectivity index (χ4v) is 5.38. The molecule has 1 fully saturated rings. The van der Waals surface area contributed by atoms with Crippen LogP contribution in [0.1, 0.15) is 29.4 Å². The lowest BCUT2D eigenvalue weighted by atomic mass is 10.2. The highest BCUT2D eigenvalue weighted by Gasteiger charge is 2.23. The largest absolute Gasteiger partial charge is 0.368 e. The molecule has 10 heteroatoms. The molecular weight excluding hydrogens is 464 g/mol. The van der Waals surface area contributed by atoms with Crippen LogP contribution in [0.2, 0.25) is 5.02 Å². The molecule has 0 spiro atoms. The molecule has 4 rings (SSSR count). The lowest BCUT2D eigenvalue weighted by molar-refractivity contribution is -0.382. The number of carbonyl (C=O) groups is 2. The van der Waals surface area contributed by atoms with Crippen LogP contribution in [0.25, 0.3) is 10.1 Å². The number of nitrogens with zero attached hydrogens (tertiary/aromatic N) is 3. The van der Waals surface area contributed by atoms with Crippen molar-refractivity contribution in [1.82, 2.24) is 4.90 Å². The number of nitro benzene ring substituents is 1. The summed E-state index contributed by atoms with van der Waals surface area (Å²) < 4.78 is 0.379. The van der Waals surface area contributed by atoms with Gasteiger partial charge in [-0.25, -0.2) is 0 Å². The molecule has 0 bridgehead atoms. The van der Waals surface area contributed by atoms with Crippen LogP contribution in [0.3, 0.4) is 0 Å². The molecule has 1 N–H and O–H groups in total. The van der Waals surface area contributed by atoms with Crippen LogP contribution in [0.15, 0.2) is 42.5 Å². The first-order valence-corrected chi connectivity index (χ1v) is 11.9. The Labute approximate surface area is 199 Å². The van der Waals surface area contributed by atoms with E-state index < -0.39 is 10.8 Å². The predicted molar refractivity (Wildman–Crippen MR) is 132 cm³/mol. The van der Waals surface area contributed by atoms with Crippen LogP contribution >= 0.6 is 22.9 Å². The third-order valence-electron chi connectivity index (χ3n) is 5.62. The van der Waals surface area contributed by atoms with Crippen molar-refractivity contribution in [2.45, 2.75) is 19.8 Å². The minimum atomic E-state index is -0.477. The molecule has 0 atom stereocenters. The van der Waals surface area contributed by atoms with Crippen molar-refractivity contribution in [3.63, 3.8) is 0 Å². The molecule has 2 heterocycles. The summed E-state index contributed by atoms with van der Waals surface area (Å²) in [6.07, 6.45) is 1.45. The Morgan fingerprint density at radius 1 is 1.12 bits per heavy atom. The monoisotopic (exact) mass is 486 g/mol. The average molecular weight is 487 g/mol. The second kappa shape index (κ2) is 9.76. The summed E-state index contributed by atoms with van der Waals surface area (Å²) in [6, 6.07) is 12.1. The fourth-order valence-electron chi connectivity index (χ4n) is 3.89.